The molecule has 0 aliphatic heterocycles. The minimum Gasteiger partial charge on any atom is -0.494 e. The highest BCUT2D eigenvalue weighted by Crippen LogP contribution is 2.34. The number of rotatable bonds is 26. The van der Waals surface area contributed by atoms with Crippen molar-refractivity contribution in [1.29, 1.82) is 0 Å². The summed E-state index contributed by atoms with van der Waals surface area (Å²) in [6.07, 6.45) is 14.3. The Morgan fingerprint density at radius 1 is 0.429 bits per heavy atom. The quantitative estimate of drug-likeness (QED) is 0.0264. The summed E-state index contributed by atoms with van der Waals surface area (Å²) in [4.78, 5) is 48.3. The highest BCUT2D eigenvalue weighted by Gasteiger charge is 2.16. The minimum atomic E-state index is -0.520. The third-order valence-corrected chi connectivity index (χ3v) is 8.87. The predicted molar refractivity (Wildman–Crippen MR) is 215 cm³/mol. The monoisotopic (exact) mass is 764 g/mol. The summed E-state index contributed by atoms with van der Waals surface area (Å²) in [6, 6.07) is 24.2. The fourth-order valence-corrected chi connectivity index (χ4v) is 5.78. The van der Waals surface area contributed by atoms with Gasteiger partial charge >= 0.3 is 23.9 Å². The maximum atomic E-state index is 13.1. The Bertz CT molecular complexity index is 1730. The molecule has 10 nitrogen and oxygen atoms in total. The molecule has 10 heteroatoms. The van der Waals surface area contributed by atoms with Crippen molar-refractivity contribution < 1.29 is 47.6 Å². The second-order valence-electron chi connectivity index (χ2n) is 13.1. The predicted octanol–water partition coefficient (Wildman–Crippen LogP) is 10.2. The van der Waals surface area contributed by atoms with Crippen molar-refractivity contribution in [3.8, 4) is 23.0 Å². The fraction of sp³-hybridized carbons (Fsp3) is 0.348. The van der Waals surface area contributed by atoms with Gasteiger partial charge in [0.25, 0.3) is 0 Å². The zero-order valence-corrected chi connectivity index (χ0v) is 32.0. The molecule has 296 valence electrons. The Hall–Kier alpha value is -5.90. The number of hydrogen-bond acceptors (Lipinski definition) is 10. The molecule has 0 radical (unpaired) electrons. The van der Waals surface area contributed by atoms with Crippen LogP contribution in [0.5, 0.6) is 23.0 Å². The largest absolute Gasteiger partial charge is 0.494 e. The second-order valence-corrected chi connectivity index (χ2v) is 13.1. The van der Waals surface area contributed by atoms with Gasteiger partial charge in [-0.25, -0.2) is 19.2 Å². The maximum Gasteiger partial charge on any atom is 0.343 e. The summed E-state index contributed by atoms with van der Waals surface area (Å²) in [5, 5.41) is 1.25. The first kappa shape index (κ1) is 42.8. The van der Waals surface area contributed by atoms with Gasteiger partial charge in [0.2, 0.25) is 0 Å². The first-order valence-corrected chi connectivity index (χ1v) is 19.4. The van der Waals surface area contributed by atoms with E-state index in [9.17, 15) is 19.2 Å². The lowest BCUT2D eigenvalue weighted by Crippen LogP contribution is -2.10. The van der Waals surface area contributed by atoms with Gasteiger partial charge in [-0.3, -0.25) is 0 Å². The van der Waals surface area contributed by atoms with Gasteiger partial charge in [-0.15, -0.1) is 0 Å². The van der Waals surface area contributed by atoms with E-state index in [1.165, 1.54) is 12.2 Å². The van der Waals surface area contributed by atoms with Gasteiger partial charge in [0.05, 0.1) is 37.6 Å². The number of hydrogen-bond donors (Lipinski definition) is 0. The molecule has 0 saturated heterocycles. The highest BCUT2D eigenvalue weighted by molar-refractivity contribution is 6.00. The van der Waals surface area contributed by atoms with Gasteiger partial charge in [-0.2, -0.15) is 0 Å². The van der Waals surface area contributed by atoms with Crippen molar-refractivity contribution in [3.05, 3.63) is 121 Å². The molecule has 0 heterocycles. The van der Waals surface area contributed by atoms with Crippen molar-refractivity contribution in [2.45, 2.75) is 77.0 Å². The maximum absolute atomic E-state index is 13.1. The summed E-state index contributed by atoms with van der Waals surface area (Å²) >= 11 is 0. The van der Waals surface area contributed by atoms with Gasteiger partial charge in [-0.1, -0.05) is 88.8 Å². The van der Waals surface area contributed by atoms with E-state index in [1.54, 1.807) is 60.7 Å². The molecule has 0 N–H and O–H groups in total. The van der Waals surface area contributed by atoms with E-state index in [1.807, 2.05) is 24.3 Å². The van der Waals surface area contributed by atoms with Crippen molar-refractivity contribution in [2.24, 2.45) is 0 Å². The molecular formula is C46H52O10. The standard InChI is InChI=1S/C46H52O10/c1-3-43(47)53-33-17-11-7-5-9-15-31-51-37-25-21-35(22-26-37)45(49)55-41-29-30-42(40-20-14-13-19-39(40)41)56-46(50)36-23-27-38(28-24-36)52-32-16-10-6-8-12-18-34-54-44(48)4-2/h3-4,13-14,19-30H,1-2,5-12,15-18,31-34H2. The van der Waals surface area contributed by atoms with Gasteiger partial charge in [0, 0.05) is 22.9 Å². The second kappa shape index (κ2) is 24.5. The lowest BCUT2D eigenvalue weighted by atomic mass is 10.1. The molecule has 0 saturated carbocycles. The van der Waals surface area contributed by atoms with E-state index < -0.39 is 11.9 Å². The molecule has 4 aromatic rings. The van der Waals surface area contributed by atoms with Gasteiger partial charge in [0.15, 0.2) is 0 Å². The number of esters is 4. The third-order valence-electron chi connectivity index (χ3n) is 8.87. The Morgan fingerprint density at radius 2 is 0.768 bits per heavy atom. The van der Waals surface area contributed by atoms with Crippen LogP contribution in [0.2, 0.25) is 0 Å². The van der Waals surface area contributed by atoms with Crippen LogP contribution in [0.3, 0.4) is 0 Å². The van der Waals surface area contributed by atoms with E-state index in [4.69, 9.17) is 28.4 Å². The van der Waals surface area contributed by atoms with E-state index in [2.05, 4.69) is 13.2 Å². The average molecular weight is 765 g/mol. The van der Waals surface area contributed by atoms with Crippen LogP contribution < -0.4 is 18.9 Å². The Kier molecular flexibility index (Phi) is 18.7. The van der Waals surface area contributed by atoms with Crippen LogP contribution in [0, 0.1) is 0 Å². The third kappa shape index (κ3) is 15.1. The van der Waals surface area contributed by atoms with Crippen LogP contribution in [0.1, 0.15) is 97.8 Å². The average Bonchev–Trinajstić information content (AvgIpc) is 3.23. The molecule has 0 aliphatic rings. The summed E-state index contributed by atoms with van der Waals surface area (Å²) in [6.45, 7) is 8.77. The molecule has 0 bridgehead atoms. The summed E-state index contributed by atoms with van der Waals surface area (Å²) in [5.41, 5.74) is 0.751. The van der Waals surface area contributed by atoms with E-state index in [0.717, 1.165) is 77.0 Å². The normalized spacial score (nSPS) is 10.6. The fourth-order valence-electron chi connectivity index (χ4n) is 5.78. The first-order valence-electron chi connectivity index (χ1n) is 19.4. The zero-order valence-electron chi connectivity index (χ0n) is 32.0. The van der Waals surface area contributed by atoms with E-state index in [0.29, 0.717) is 71.3 Å². The Balaban J connectivity index is 1.17. The SMILES string of the molecule is C=CC(=O)OCCCCCCCCOc1ccc(C(=O)Oc2ccc(OC(=O)c3ccc(OCCCCCCCCOC(=O)C=C)cc3)c3ccccc23)cc1. The summed E-state index contributed by atoms with van der Waals surface area (Å²) in [5.74, 6) is 0.232. The molecule has 0 aliphatic carbocycles. The van der Waals surface area contributed by atoms with Gasteiger partial charge in [0.1, 0.15) is 23.0 Å². The number of carbonyl (C=O) groups is 4. The molecule has 0 amide bonds. The Labute approximate surface area is 329 Å². The molecule has 0 atom stereocenters. The van der Waals surface area contributed by atoms with Crippen LogP contribution in [0.25, 0.3) is 10.8 Å². The van der Waals surface area contributed by atoms with Gasteiger partial charge < -0.3 is 28.4 Å². The molecule has 0 fully saturated rings. The highest BCUT2D eigenvalue weighted by atomic mass is 16.5. The molecule has 4 rings (SSSR count). The number of unbranched alkanes of at least 4 members (excludes halogenated alkanes) is 10. The van der Waals surface area contributed by atoms with E-state index in [-0.39, 0.29) is 11.9 Å². The van der Waals surface area contributed by atoms with Crippen LogP contribution >= 0.6 is 0 Å². The Morgan fingerprint density at radius 3 is 1.12 bits per heavy atom. The van der Waals surface area contributed by atoms with Gasteiger partial charge in [-0.05, 0) is 86.3 Å². The molecule has 0 spiro atoms. The summed E-state index contributed by atoms with van der Waals surface area (Å²) in [7, 11) is 0. The molecular weight excluding hydrogens is 712 g/mol. The lowest BCUT2D eigenvalue weighted by molar-refractivity contribution is -0.138. The smallest absolute Gasteiger partial charge is 0.343 e. The number of ether oxygens (including phenoxy) is 6. The van der Waals surface area contributed by atoms with Crippen molar-refractivity contribution in [3.63, 3.8) is 0 Å². The van der Waals surface area contributed by atoms with Crippen LogP contribution in [0.15, 0.2) is 110 Å². The topological polar surface area (TPSA) is 124 Å². The molecule has 0 unspecified atom stereocenters. The van der Waals surface area contributed by atoms with Crippen molar-refractivity contribution in [1.82, 2.24) is 0 Å². The molecule has 4 aromatic carbocycles. The van der Waals surface area contributed by atoms with Crippen LogP contribution in [-0.4, -0.2) is 50.3 Å². The molecule has 0 aromatic heterocycles. The lowest BCUT2D eigenvalue weighted by Gasteiger charge is -2.12. The van der Waals surface area contributed by atoms with Crippen LogP contribution in [0.4, 0.5) is 0 Å². The number of benzene rings is 4. The molecule has 56 heavy (non-hydrogen) atoms. The first-order chi connectivity index (χ1) is 27.4. The minimum absolute atomic E-state index is 0.344. The van der Waals surface area contributed by atoms with Crippen LogP contribution in [-0.2, 0) is 19.1 Å². The number of fused-ring (bicyclic) bond motifs is 1. The van der Waals surface area contributed by atoms with Crippen molar-refractivity contribution in [2.75, 3.05) is 26.4 Å². The van der Waals surface area contributed by atoms with E-state index >= 15 is 0 Å². The zero-order chi connectivity index (χ0) is 39.8. The van der Waals surface area contributed by atoms with Crippen molar-refractivity contribution >= 4 is 34.6 Å². The number of carbonyl (C=O) groups excluding carboxylic acids is 4. The summed E-state index contributed by atoms with van der Waals surface area (Å²) < 4.78 is 33.2.